The van der Waals surface area contributed by atoms with Gasteiger partial charge in [0.1, 0.15) is 11.9 Å². The van der Waals surface area contributed by atoms with Crippen LogP contribution in [0.1, 0.15) is 18.9 Å². The lowest BCUT2D eigenvalue weighted by Gasteiger charge is -2.12. The molecule has 0 aromatic heterocycles. The van der Waals surface area contributed by atoms with Crippen molar-refractivity contribution in [3.63, 3.8) is 0 Å². The highest BCUT2D eigenvalue weighted by atomic mass is 127. The molecule has 2 rings (SSSR count). The van der Waals surface area contributed by atoms with E-state index in [1.807, 2.05) is 25.1 Å². The Morgan fingerprint density at radius 3 is 2.87 bits per heavy atom. The van der Waals surface area contributed by atoms with Gasteiger partial charge in [-0.3, -0.25) is 4.79 Å². The van der Waals surface area contributed by atoms with Crippen molar-refractivity contribution < 1.29 is 14.3 Å². The number of benzene rings is 1. The molecule has 0 radical (unpaired) electrons. The van der Waals surface area contributed by atoms with Crippen LogP contribution in [0.4, 0.5) is 0 Å². The maximum atomic E-state index is 11.1. The number of hydrogen-bond donors (Lipinski definition) is 2. The number of aliphatic imine (C=N–C) groups is 1. The number of guanidine groups is 1. The summed E-state index contributed by atoms with van der Waals surface area (Å²) in [6, 6.07) is 8.06. The van der Waals surface area contributed by atoms with Crippen LogP contribution in [-0.4, -0.2) is 44.8 Å². The normalized spacial score (nSPS) is 15.9. The summed E-state index contributed by atoms with van der Waals surface area (Å²) in [5.41, 5.74) is 1.23. The Labute approximate surface area is 154 Å². The zero-order chi connectivity index (χ0) is 15.8. The van der Waals surface area contributed by atoms with Gasteiger partial charge in [-0.15, -0.1) is 24.0 Å². The summed E-state index contributed by atoms with van der Waals surface area (Å²) in [5, 5.41) is 6.26. The molecule has 0 saturated carbocycles. The lowest BCUT2D eigenvalue weighted by Crippen LogP contribution is -2.39. The van der Waals surface area contributed by atoms with Crippen LogP contribution in [0.2, 0.25) is 0 Å². The van der Waals surface area contributed by atoms with Gasteiger partial charge in [0.2, 0.25) is 0 Å². The van der Waals surface area contributed by atoms with Crippen molar-refractivity contribution in [3.8, 4) is 5.75 Å². The van der Waals surface area contributed by atoms with E-state index in [1.54, 1.807) is 0 Å². The van der Waals surface area contributed by atoms with E-state index in [0.717, 1.165) is 18.7 Å². The van der Waals surface area contributed by atoms with Crippen LogP contribution in [0.15, 0.2) is 29.3 Å². The van der Waals surface area contributed by atoms with Gasteiger partial charge in [-0.1, -0.05) is 18.2 Å². The molecule has 7 heteroatoms. The van der Waals surface area contributed by atoms with Crippen molar-refractivity contribution in [3.05, 3.63) is 29.8 Å². The molecule has 2 N–H and O–H groups in total. The highest BCUT2D eigenvalue weighted by molar-refractivity contribution is 14.0. The summed E-state index contributed by atoms with van der Waals surface area (Å²) < 4.78 is 10.5. The highest BCUT2D eigenvalue weighted by Gasteiger charge is 2.21. The Hall–Kier alpha value is -1.51. The number of para-hydroxylation sites is 1. The van der Waals surface area contributed by atoms with Crippen LogP contribution in [0, 0.1) is 0 Å². The smallest absolute Gasteiger partial charge is 0.307 e. The molecule has 128 valence electrons. The number of methoxy groups -OCH3 is 1. The lowest BCUT2D eigenvalue weighted by atomic mass is 10.1. The average molecular weight is 433 g/mol. The van der Waals surface area contributed by atoms with Crippen LogP contribution < -0.4 is 15.4 Å². The molecule has 0 bridgehead atoms. The number of nitrogens with one attached hydrogen (secondary N) is 2. The molecular weight excluding hydrogens is 409 g/mol. The Bertz CT molecular complexity index is 512. The molecule has 0 spiro atoms. The fourth-order valence-electron chi connectivity index (χ4n) is 2.28. The van der Waals surface area contributed by atoms with Gasteiger partial charge in [0.25, 0.3) is 0 Å². The second kappa shape index (κ2) is 10.3. The quantitative estimate of drug-likeness (QED) is 0.310. The molecular formula is C16H24IN3O3. The Kier molecular flexibility index (Phi) is 8.75. The minimum Gasteiger partial charge on any atom is -0.488 e. The fourth-order valence-corrected chi connectivity index (χ4v) is 2.28. The average Bonchev–Trinajstić information content (AvgIpc) is 2.95. The molecule has 23 heavy (non-hydrogen) atoms. The summed E-state index contributed by atoms with van der Waals surface area (Å²) in [6.07, 6.45) is 1.25. The van der Waals surface area contributed by atoms with E-state index < -0.39 is 0 Å². The third-order valence-corrected chi connectivity index (χ3v) is 3.36. The summed E-state index contributed by atoms with van der Waals surface area (Å²) in [7, 11) is 1.39. The maximum Gasteiger partial charge on any atom is 0.307 e. The molecule has 0 amide bonds. The molecule has 0 fully saturated rings. The van der Waals surface area contributed by atoms with Crippen LogP contribution in [-0.2, 0) is 16.0 Å². The molecule has 1 heterocycles. The number of fused-ring (bicyclic) bond motifs is 1. The van der Waals surface area contributed by atoms with Crippen molar-refractivity contribution in [2.75, 3.05) is 26.7 Å². The molecule has 1 aliphatic heterocycles. The van der Waals surface area contributed by atoms with Crippen molar-refractivity contribution in [1.29, 1.82) is 0 Å². The summed E-state index contributed by atoms with van der Waals surface area (Å²) in [4.78, 5) is 15.6. The van der Waals surface area contributed by atoms with E-state index in [0.29, 0.717) is 25.5 Å². The number of carbonyl (C=O) groups excluding carboxylic acids is 1. The standard InChI is InChI=1S/C16H23N3O3.HI/c1-3-17-16(18-9-8-15(20)21-2)19-11-13-10-12-6-4-5-7-14(12)22-13;/h4-7,13H,3,8-11H2,1-2H3,(H2,17,18,19);1H. The minimum atomic E-state index is -0.238. The van der Waals surface area contributed by atoms with Gasteiger partial charge in [0.15, 0.2) is 5.96 Å². The second-order valence-corrected chi connectivity index (χ2v) is 5.02. The summed E-state index contributed by atoms with van der Waals surface area (Å²) in [6.45, 7) is 3.82. The Morgan fingerprint density at radius 2 is 2.17 bits per heavy atom. The van der Waals surface area contributed by atoms with Crippen molar-refractivity contribution in [1.82, 2.24) is 10.6 Å². The Balaban J connectivity index is 0.00000264. The molecule has 1 aliphatic rings. The van der Waals surface area contributed by atoms with Gasteiger partial charge in [0.05, 0.1) is 20.1 Å². The van der Waals surface area contributed by atoms with E-state index in [9.17, 15) is 4.79 Å². The monoisotopic (exact) mass is 433 g/mol. The topological polar surface area (TPSA) is 72.0 Å². The van der Waals surface area contributed by atoms with Gasteiger partial charge >= 0.3 is 5.97 Å². The van der Waals surface area contributed by atoms with Crippen molar-refractivity contribution >= 4 is 35.9 Å². The van der Waals surface area contributed by atoms with Crippen LogP contribution >= 0.6 is 24.0 Å². The molecule has 0 saturated heterocycles. The lowest BCUT2D eigenvalue weighted by molar-refractivity contribution is -0.140. The first kappa shape index (κ1) is 19.5. The molecule has 1 aromatic carbocycles. The number of ether oxygens (including phenoxy) is 2. The number of hydrogen-bond acceptors (Lipinski definition) is 4. The molecule has 1 aromatic rings. The first-order valence-electron chi connectivity index (χ1n) is 7.56. The van der Waals surface area contributed by atoms with E-state index in [4.69, 9.17) is 4.74 Å². The summed E-state index contributed by atoms with van der Waals surface area (Å²) >= 11 is 0. The second-order valence-electron chi connectivity index (χ2n) is 5.02. The highest BCUT2D eigenvalue weighted by Crippen LogP contribution is 2.28. The first-order valence-corrected chi connectivity index (χ1v) is 7.56. The molecule has 1 unspecified atom stereocenters. The van der Waals surface area contributed by atoms with Crippen LogP contribution in [0.3, 0.4) is 0 Å². The third-order valence-electron chi connectivity index (χ3n) is 3.36. The van der Waals surface area contributed by atoms with Crippen molar-refractivity contribution in [2.45, 2.75) is 25.9 Å². The van der Waals surface area contributed by atoms with Crippen LogP contribution in [0.5, 0.6) is 5.75 Å². The number of carbonyl (C=O) groups is 1. The van der Waals surface area contributed by atoms with Gasteiger partial charge in [-0.05, 0) is 18.6 Å². The van der Waals surface area contributed by atoms with Gasteiger partial charge in [-0.25, -0.2) is 4.99 Å². The minimum absolute atomic E-state index is 0. The largest absolute Gasteiger partial charge is 0.488 e. The predicted molar refractivity (Wildman–Crippen MR) is 101 cm³/mol. The Morgan fingerprint density at radius 1 is 1.39 bits per heavy atom. The van der Waals surface area contributed by atoms with Gasteiger partial charge < -0.3 is 20.1 Å². The maximum absolute atomic E-state index is 11.1. The zero-order valence-corrected chi connectivity index (χ0v) is 15.8. The fraction of sp³-hybridized carbons (Fsp3) is 0.500. The number of rotatable bonds is 6. The molecule has 6 nitrogen and oxygen atoms in total. The number of esters is 1. The molecule has 1 atom stereocenters. The van der Waals surface area contributed by atoms with Gasteiger partial charge in [0, 0.05) is 19.5 Å². The van der Waals surface area contributed by atoms with E-state index in [2.05, 4.69) is 26.4 Å². The predicted octanol–water partition coefficient (Wildman–Crippen LogP) is 1.73. The SMILES string of the molecule is CCNC(=NCC1Cc2ccccc2O1)NCCC(=O)OC.I. The zero-order valence-electron chi connectivity index (χ0n) is 13.5. The van der Waals surface area contributed by atoms with E-state index in [1.165, 1.54) is 12.7 Å². The van der Waals surface area contributed by atoms with E-state index >= 15 is 0 Å². The number of halogens is 1. The van der Waals surface area contributed by atoms with E-state index in [-0.39, 0.29) is 36.0 Å². The number of nitrogens with zero attached hydrogens (tertiary/aromatic N) is 1. The summed E-state index contributed by atoms with van der Waals surface area (Å²) in [5.74, 6) is 1.40. The first-order chi connectivity index (χ1) is 10.7. The van der Waals surface area contributed by atoms with Crippen LogP contribution in [0.25, 0.3) is 0 Å². The molecule has 0 aliphatic carbocycles. The van der Waals surface area contributed by atoms with Crippen molar-refractivity contribution in [2.24, 2.45) is 4.99 Å². The van der Waals surface area contributed by atoms with Gasteiger partial charge in [-0.2, -0.15) is 0 Å². The third kappa shape index (κ3) is 6.25.